The van der Waals surface area contributed by atoms with Crippen LogP contribution in [0.2, 0.25) is 0 Å². The van der Waals surface area contributed by atoms with E-state index in [1.807, 2.05) is 0 Å². The van der Waals surface area contributed by atoms with Crippen LogP contribution >= 0.6 is 0 Å². The van der Waals surface area contributed by atoms with Crippen LogP contribution in [0.25, 0.3) is 0 Å². The molecule has 0 radical (unpaired) electrons. The van der Waals surface area contributed by atoms with Crippen LogP contribution in [-0.4, -0.2) is 32.2 Å². The molecule has 2 rings (SSSR count). The summed E-state index contributed by atoms with van der Waals surface area (Å²) < 4.78 is 28.8. The van der Waals surface area contributed by atoms with E-state index in [0.29, 0.717) is 18.0 Å². The van der Waals surface area contributed by atoms with Gasteiger partial charge in [-0.25, -0.2) is 0 Å². The van der Waals surface area contributed by atoms with Gasteiger partial charge in [-0.15, -0.1) is 0 Å². The first-order valence-corrected chi connectivity index (χ1v) is 6.15. The van der Waals surface area contributed by atoms with Gasteiger partial charge in [0.1, 0.15) is 5.75 Å². The fraction of sp³-hybridized carbons (Fsp3) is 0.462. The average Bonchev–Trinajstić information content (AvgIpc) is 2.29. The number of rotatable bonds is 6. The number of nitrogens with one attached hydrogen (secondary N) is 2. The van der Waals surface area contributed by atoms with Crippen LogP contribution in [0.4, 0.5) is 8.78 Å². The summed E-state index contributed by atoms with van der Waals surface area (Å²) in [4.78, 5) is 11.7. The second-order valence-electron chi connectivity index (χ2n) is 4.49. The van der Waals surface area contributed by atoms with Crippen LogP contribution in [0.5, 0.6) is 5.75 Å². The number of hydrogen-bond acceptors (Lipinski definition) is 3. The highest BCUT2D eigenvalue weighted by Crippen LogP contribution is 2.20. The van der Waals surface area contributed by atoms with Gasteiger partial charge in [0.2, 0.25) is 5.91 Å². The van der Waals surface area contributed by atoms with E-state index in [1.54, 1.807) is 18.2 Å². The smallest absolute Gasteiger partial charge is 0.387 e. The monoisotopic (exact) mass is 270 g/mol. The zero-order valence-electron chi connectivity index (χ0n) is 10.4. The molecule has 0 aliphatic carbocycles. The molecule has 2 N–H and O–H groups in total. The minimum Gasteiger partial charge on any atom is -0.435 e. The second-order valence-corrected chi connectivity index (χ2v) is 4.49. The van der Waals surface area contributed by atoms with Crippen molar-refractivity contribution >= 4 is 5.91 Å². The van der Waals surface area contributed by atoms with E-state index in [2.05, 4.69) is 15.4 Å². The fourth-order valence-corrected chi connectivity index (χ4v) is 1.85. The Hall–Kier alpha value is -1.69. The third kappa shape index (κ3) is 4.17. The highest BCUT2D eigenvalue weighted by atomic mass is 19.3. The maximum Gasteiger partial charge on any atom is 0.387 e. The second kappa shape index (κ2) is 6.47. The fourth-order valence-electron chi connectivity index (χ4n) is 1.85. The van der Waals surface area contributed by atoms with Crippen molar-refractivity contribution in [2.24, 2.45) is 5.92 Å². The van der Waals surface area contributed by atoms with Crippen LogP contribution in [0, 0.1) is 5.92 Å². The molecular weight excluding hydrogens is 254 g/mol. The van der Waals surface area contributed by atoms with Gasteiger partial charge in [-0.1, -0.05) is 18.2 Å². The minimum absolute atomic E-state index is 0.0447. The summed E-state index contributed by atoms with van der Waals surface area (Å²) >= 11 is 0. The Morgan fingerprint density at radius 3 is 2.79 bits per heavy atom. The Kier molecular flexibility index (Phi) is 4.68. The lowest BCUT2D eigenvalue weighted by atomic mass is 10.0. The van der Waals surface area contributed by atoms with Crippen molar-refractivity contribution in [1.82, 2.24) is 10.6 Å². The quantitative estimate of drug-likeness (QED) is 0.815. The lowest BCUT2D eigenvalue weighted by molar-refractivity contribution is -0.120. The van der Waals surface area contributed by atoms with Gasteiger partial charge in [-0.3, -0.25) is 4.79 Å². The number of carbonyl (C=O) groups is 1. The number of alkyl halides is 2. The largest absolute Gasteiger partial charge is 0.435 e. The van der Waals surface area contributed by atoms with Crippen molar-refractivity contribution in [3.8, 4) is 5.75 Å². The molecule has 0 bridgehead atoms. The summed E-state index contributed by atoms with van der Waals surface area (Å²) in [6.45, 7) is -0.453. The lowest BCUT2D eigenvalue weighted by Crippen LogP contribution is -2.48. The zero-order valence-corrected chi connectivity index (χ0v) is 10.4. The Bertz CT molecular complexity index is 436. The topological polar surface area (TPSA) is 50.4 Å². The molecule has 6 heteroatoms. The Labute approximate surface area is 110 Å². The summed E-state index contributed by atoms with van der Waals surface area (Å²) in [7, 11) is 0. The SMILES string of the molecule is O=C(Cc1ccccc1OC(F)F)NCC1CNC1. The van der Waals surface area contributed by atoms with Crippen molar-refractivity contribution in [3.63, 3.8) is 0 Å². The van der Waals surface area contributed by atoms with Gasteiger partial charge in [0.15, 0.2) is 0 Å². The first-order valence-electron chi connectivity index (χ1n) is 6.15. The molecule has 1 saturated heterocycles. The summed E-state index contributed by atoms with van der Waals surface area (Å²) in [5.74, 6) is 0.340. The molecule has 4 nitrogen and oxygen atoms in total. The van der Waals surface area contributed by atoms with E-state index in [4.69, 9.17) is 0 Å². The third-order valence-corrected chi connectivity index (χ3v) is 2.99. The summed E-state index contributed by atoms with van der Waals surface area (Å²) in [6, 6.07) is 6.34. The Balaban J connectivity index is 1.87. The molecule has 1 aliphatic rings. The van der Waals surface area contributed by atoms with Crippen LogP contribution in [0.1, 0.15) is 5.56 Å². The highest BCUT2D eigenvalue weighted by Gasteiger charge is 2.18. The molecule has 104 valence electrons. The number of benzene rings is 1. The molecule has 0 saturated carbocycles. The molecule has 0 unspecified atom stereocenters. The Morgan fingerprint density at radius 1 is 1.42 bits per heavy atom. The average molecular weight is 270 g/mol. The van der Waals surface area contributed by atoms with Gasteiger partial charge in [0, 0.05) is 31.1 Å². The van der Waals surface area contributed by atoms with Gasteiger partial charge < -0.3 is 15.4 Å². The maximum absolute atomic E-state index is 12.2. The lowest BCUT2D eigenvalue weighted by Gasteiger charge is -2.27. The van der Waals surface area contributed by atoms with Gasteiger partial charge in [0.25, 0.3) is 0 Å². The molecule has 0 spiro atoms. The third-order valence-electron chi connectivity index (χ3n) is 2.99. The Morgan fingerprint density at radius 2 is 2.16 bits per heavy atom. The number of para-hydroxylation sites is 1. The van der Waals surface area contributed by atoms with Crippen molar-refractivity contribution in [2.75, 3.05) is 19.6 Å². The van der Waals surface area contributed by atoms with E-state index in [9.17, 15) is 13.6 Å². The molecule has 1 aliphatic heterocycles. The molecule has 0 aromatic heterocycles. The molecule has 1 aromatic carbocycles. The number of amides is 1. The van der Waals surface area contributed by atoms with Crippen LogP contribution < -0.4 is 15.4 Å². The molecule has 1 heterocycles. The zero-order chi connectivity index (χ0) is 13.7. The van der Waals surface area contributed by atoms with Crippen molar-refractivity contribution < 1.29 is 18.3 Å². The van der Waals surface area contributed by atoms with E-state index < -0.39 is 6.61 Å². The van der Waals surface area contributed by atoms with Gasteiger partial charge in [-0.2, -0.15) is 8.78 Å². The maximum atomic E-state index is 12.2. The van der Waals surface area contributed by atoms with Crippen LogP contribution in [0.3, 0.4) is 0 Å². The van der Waals surface area contributed by atoms with Crippen LogP contribution in [-0.2, 0) is 11.2 Å². The summed E-state index contributed by atoms with van der Waals surface area (Å²) in [6.07, 6.45) is 0.0447. The molecule has 0 atom stereocenters. The van der Waals surface area contributed by atoms with E-state index in [0.717, 1.165) is 13.1 Å². The van der Waals surface area contributed by atoms with E-state index in [-0.39, 0.29) is 18.1 Å². The van der Waals surface area contributed by atoms with Gasteiger partial charge in [-0.05, 0) is 6.07 Å². The predicted molar refractivity (Wildman–Crippen MR) is 66.1 cm³/mol. The van der Waals surface area contributed by atoms with E-state index >= 15 is 0 Å². The number of hydrogen-bond donors (Lipinski definition) is 2. The first-order chi connectivity index (χ1) is 9.15. The standard InChI is InChI=1S/C13H16F2N2O2/c14-13(15)19-11-4-2-1-3-10(11)5-12(18)17-8-9-6-16-7-9/h1-4,9,13,16H,5-8H2,(H,17,18). The minimum atomic E-state index is -2.88. The molecule has 1 fully saturated rings. The predicted octanol–water partition coefficient (Wildman–Crippen LogP) is 1.17. The van der Waals surface area contributed by atoms with Crippen molar-refractivity contribution in [1.29, 1.82) is 0 Å². The molecule has 1 aromatic rings. The first kappa shape index (κ1) is 13.7. The summed E-state index contributed by atoms with van der Waals surface area (Å²) in [5.41, 5.74) is 0.465. The van der Waals surface area contributed by atoms with Gasteiger partial charge >= 0.3 is 6.61 Å². The molecular formula is C13H16F2N2O2. The molecule has 1 amide bonds. The summed E-state index contributed by atoms with van der Waals surface area (Å²) in [5, 5.41) is 5.90. The normalized spacial score (nSPS) is 15.1. The van der Waals surface area contributed by atoms with Gasteiger partial charge in [0.05, 0.1) is 6.42 Å². The van der Waals surface area contributed by atoms with Crippen molar-refractivity contribution in [2.45, 2.75) is 13.0 Å². The number of ether oxygens (including phenoxy) is 1. The van der Waals surface area contributed by atoms with Crippen LogP contribution in [0.15, 0.2) is 24.3 Å². The highest BCUT2D eigenvalue weighted by molar-refractivity contribution is 5.79. The molecule has 19 heavy (non-hydrogen) atoms. The van der Waals surface area contributed by atoms with E-state index in [1.165, 1.54) is 6.07 Å². The number of carbonyl (C=O) groups excluding carboxylic acids is 1. The number of halogens is 2. The van der Waals surface area contributed by atoms with Crippen molar-refractivity contribution in [3.05, 3.63) is 29.8 Å².